The van der Waals surface area contributed by atoms with Crippen LogP contribution in [0.2, 0.25) is 0 Å². The van der Waals surface area contributed by atoms with E-state index in [1.165, 1.54) is 5.56 Å². The molecule has 0 radical (unpaired) electrons. The van der Waals surface area contributed by atoms with E-state index in [0.29, 0.717) is 19.6 Å². The monoisotopic (exact) mass is 418 g/mol. The highest BCUT2D eigenvalue weighted by atomic mass is 16.5. The van der Waals surface area contributed by atoms with Crippen molar-refractivity contribution in [2.24, 2.45) is 11.8 Å². The molecule has 2 fully saturated rings. The number of para-hydroxylation sites is 1. The molecule has 31 heavy (non-hydrogen) atoms. The third-order valence-electron chi connectivity index (χ3n) is 6.64. The summed E-state index contributed by atoms with van der Waals surface area (Å²) in [7, 11) is 1.61. The number of carbonyl (C=O) groups is 2. The molecular formula is C25H26N2O4. The number of fused-ring (bicyclic) bond motifs is 1. The summed E-state index contributed by atoms with van der Waals surface area (Å²) in [5.41, 5.74) is 1.41. The van der Waals surface area contributed by atoms with Gasteiger partial charge in [0.25, 0.3) is 0 Å². The SMILES string of the molecule is COc1ccccc1CNC(=O)[C@@H]1[C@H]2C(=O)N(CCc3ccccc3)C[C@@]23C=C[C@H]1O3. The van der Waals surface area contributed by atoms with Gasteiger partial charge in [-0.2, -0.15) is 0 Å². The van der Waals surface area contributed by atoms with Gasteiger partial charge in [-0.05, 0) is 18.1 Å². The van der Waals surface area contributed by atoms with Crippen LogP contribution in [0.25, 0.3) is 0 Å². The Bertz CT molecular complexity index is 1020. The number of carbonyl (C=O) groups excluding carboxylic acids is 2. The lowest BCUT2D eigenvalue weighted by Crippen LogP contribution is -2.44. The van der Waals surface area contributed by atoms with Gasteiger partial charge >= 0.3 is 0 Å². The Morgan fingerprint density at radius 3 is 2.77 bits per heavy atom. The second-order valence-corrected chi connectivity index (χ2v) is 8.43. The maximum absolute atomic E-state index is 13.3. The van der Waals surface area contributed by atoms with E-state index in [4.69, 9.17) is 9.47 Å². The number of benzene rings is 2. The van der Waals surface area contributed by atoms with E-state index < -0.39 is 17.4 Å². The molecule has 2 bridgehead atoms. The molecule has 6 nitrogen and oxygen atoms in total. The average molecular weight is 418 g/mol. The molecule has 3 aliphatic rings. The number of hydrogen-bond acceptors (Lipinski definition) is 4. The molecule has 4 atom stereocenters. The van der Waals surface area contributed by atoms with E-state index in [-0.39, 0.29) is 17.9 Å². The molecule has 2 aromatic carbocycles. The summed E-state index contributed by atoms with van der Waals surface area (Å²) < 4.78 is 11.6. The summed E-state index contributed by atoms with van der Waals surface area (Å²) in [4.78, 5) is 28.3. The van der Waals surface area contributed by atoms with Gasteiger partial charge in [-0.3, -0.25) is 9.59 Å². The molecular weight excluding hydrogens is 392 g/mol. The van der Waals surface area contributed by atoms with Crippen LogP contribution in [0.5, 0.6) is 5.75 Å². The minimum absolute atomic E-state index is 0.0141. The Balaban J connectivity index is 1.28. The van der Waals surface area contributed by atoms with Gasteiger partial charge in [0.2, 0.25) is 11.8 Å². The zero-order chi connectivity index (χ0) is 21.4. The van der Waals surface area contributed by atoms with Crippen LogP contribution >= 0.6 is 0 Å². The van der Waals surface area contributed by atoms with Crippen LogP contribution in [-0.2, 0) is 27.3 Å². The van der Waals surface area contributed by atoms with E-state index in [1.807, 2.05) is 59.5 Å². The van der Waals surface area contributed by atoms with Gasteiger partial charge in [0.05, 0.1) is 31.6 Å². The molecule has 1 spiro atoms. The summed E-state index contributed by atoms with van der Waals surface area (Å²) in [5, 5.41) is 3.00. The molecule has 3 heterocycles. The average Bonchev–Trinajstić information content (AvgIpc) is 3.45. The predicted octanol–water partition coefficient (Wildman–Crippen LogP) is 2.34. The van der Waals surface area contributed by atoms with Crippen LogP contribution in [0.4, 0.5) is 0 Å². The van der Waals surface area contributed by atoms with Crippen LogP contribution in [0.3, 0.4) is 0 Å². The van der Waals surface area contributed by atoms with Crippen molar-refractivity contribution >= 4 is 11.8 Å². The number of methoxy groups -OCH3 is 1. The second kappa shape index (κ2) is 7.85. The third kappa shape index (κ3) is 3.41. The normalized spacial score (nSPS) is 28.1. The van der Waals surface area contributed by atoms with E-state index in [0.717, 1.165) is 17.7 Å². The van der Waals surface area contributed by atoms with Gasteiger partial charge in [0.15, 0.2) is 0 Å². The smallest absolute Gasteiger partial charge is 0.230 e. The first-order valence-electron chi connectivity index (χ1n) is 10.7. The van der Waals surface area contributed by atoms with Crippen molar-refractivity contribution < 1.29 is 19.1 Å². The number of nitrogens with one attached hydrogen (secondary N) is 1. The van der Waals surface area contributed by atoms with Crippen molar-refractivity contribution in [1.82, 2.24) is 10.2 Å². The number of nitrogens with zero attached hydrogens (tertiary/aromatic N) is 1. The molecule has 0 aromatic heterocycles. The highest BCUT2D eigenvalue weighted by Gasteiger charge is 2.66. The number of likely N-dealkylation sites (tertiary alicyclic amines) is 1. The maximum atomic E-state index is 13.3. The number of amides is 2. The van der Waals surface area contributed by atoms with Crippen LogP contribution in [-0.4, -0.2) is 48.6 Å². The first-order valence-corrected chi connectivity index (χ1v) is 10.7. The first kappa shape index (κ1) is 19.8. The van der Waals surface area contributed by atoms with Crippen LogP contribution < -0.4 is 10.1 Å². The summed E-state index contributed by atoms with van der Waals surface area (Å²) in [6, 6.07) is 17.7. The summed E-state index contributed by atoms with van der Waals surface area (Å²) in [6.07, 6.45) is 4.38. The lowest BCUT2D eigenvalue weighted by atomic mass is 9.77. The lowest BCUT2D eigenvalue weighted by Gasteiger charge is -2.23. The largest absolute Gasteiger partial charge is 0.496 e. The van der Waals surface area contributed by atoms with E-state index in [9.17, 15) is 9.59 Å². The first-order chi connectivity index (χ1) is 15.1. The highest BCUT2D eigenvalue weighted by Crippen LogP contribution is 2.51. The topological polar surface area (TPSA) is 67.9 Å². The van der Waals surface area contributed by atoms with Gasteiger partial charge in [0, 0.05) is 18.7 Å². The van der Waals surface area contributed by atoms with Gasteiger partial charge in [0.1, 0.15) is 11.4 Å². The van der Waals surface area contributed by atoms with Crippen molar-refractivity contribution in [2.75, 3.05) is 20.2 Å². The number of ether oxygens (including phenoxy) is 2. The van der Waals surface area contributed by atoms with Gasteiger partial charge in [-0.15, -0.1) is 0 Å². The molecule has 3 aliphatic heterocycles. The molecule has 0 aliphatic carbocycles. The molecule has 160 valence electrons. The molecule has 5 rings (SSSR count). The predicted molar refractivity (Wildman–Crippen MR) is 115 cm³/mol. The molecule has 0 unspecified atom stereocenters. The van der Waals surface area contributed by atoms with Crippen molar-refractivity contribution in [3.63, 3.8) is 0 Å². The Labute approximate surface area is 181 Å². The maximum Gasteiger partial charge on any atom is 0.230 e. The van der Waals surface area contributed by atoms with Crippen LogP contribution in [0.15, 0.2) is 66.7 Å². The van der Waals surface area contributed by atoms with Gasteiger partial charge in [-0.1, -0.05) is 60.7 Å². The molecule has 6 heteroatoms. The lowest BCUT2D eigenvalue weighted by molar-refractivity contribution is -0.137. The number of rotatable bonds is 7. The summed E-state index contributed by atoms with van der Waals surface area (Å²) in [5.74, 6) is -0.372. The fourth-order valence-corrected chi connectivity index (χ4v) is 5.12. The van der Waals surface area contributed by atoms with Gasteiger partial charge < -0.3 is 19.7 Å². The second-order valence-electron chi connectivity index (χ2n) is 8.43. The minimum atomic E-state index is -0.676. The standard InChI is InChI=1S/C25H26N2O4/c1-30-19-10-6-5-9-18(19)15-26-23(28)21-20-11-13-25(31-20)16-27(24(29)22(21)25)14-12-17-7-3-2-4-8-17/h2-11,13,20-22H,12,14-16H2,1H3,(H,26,28)/t20-,21+,22+,25+/m1/s1. The van der Waals surface area contributed by atoms with Crippen LogP contribution in [0.1, 0.15) is 11.1 Å². The van der Waals surface area contributed by atoms with Crippen molar-refractivity contribution in [3.8, 4) is 5.75 Å². The fraction of sp³-hybridized carbons (Fsp3) is 0.360. The summed E-state index contributed by atoms with van der Waals surface area (Å²) in [6.45, 7) is 1.48. The zero-order valence-corrected chi connectivity index (χ0v) is 17.5. The van der Waals surface area contributed by atoms with Crippen molar-refractivity contribution in [3.05, 3.63) is 77.9 Å². The van der Waals surface area contributed by atoms with E-state index in [2.05, 4.69) is 17.4 Å². The summed E-state index contributed by atoms with van der Waals surface area (Å²) >= 11 is 0. The van der Waals surface area contributed by atoms with Crippen molar-refractivity contribution in [2.45, 2.75) is 24.7 Å². The molecule has 2 amide bonds. The Kier molecular flexibility index (Phi) is 5.02. The quantitative estimate of drug-likeness (QED) is 0.701. The minimum Gasteiger partial charge on any atom is -0.496 e. The van der Waals surface area contributed by atoms with E-state index >= 15 is 0 Å². The highest BCUT2D eigenvalue weighted by molar-refractivity contribution is 5.93. The van der Waals surface area contributed by atoms with Crippen molar-refractivity contribution in [1.29, 1.82) is 0 Å². The third-order valence-corrected chi connectivity index (χ3v) is 6.64. The van der Waals surface area contributed by atoms with E-state index in [1.54, 1.807) is 7.11 Å². The Morgan fingerprint density at radius 1 is 1.19 bits per heavy atom. The molecule has 1 N–H and O–H groups in total. The van der Waals surface area contributed by atoms with Gasteiger partial charge in [-0.25, -0.2) is 0 Å². The molecule has 2 aromatic rings. The van der Waals surface area contributed by atoms with Crippen LogP contribution in [0, 0.1) is 11.8 Å². The Hall–Kier alpha value is -3.12. The molecule has 2 saturated heterocycles. The Morgan fingerprint density at radius 2 is 1.97 bits per heavy atom. The molecule has 0 saturated carbocycles. The zero-order valence-electron chi connectivity index (χ0n) is 17.5. The number of hydrogen-bond donors (Lipinski definition) is 1. The fourth-order valence-electron chi connectivity index (χ4n) is 5.12.